The Hall–Kier alpha value is -0.380. The van der Waals surface area contributed by atoms with E-state index in [1.54, 1.807) is 0 Å². The Balaban J connectivity index is 2.82. The summed E-state index contributed by atoms with van der Waals surface area (Å²) >= 11 is 3.45. The molecule has 84 valence electrons. The van der Waals surface area contributed by atoms with E-state index in [-0.39, 0.29) is 12.6 Å². The van der Waals surface area contributed by atoms with Gasteiger partial charge in [0.2, 0.25) is 0 Å². The van der Waals surface area contributed by atoms with Crippen molar-refractivity contribution in [3.05, 3.63) is 34.3 Å². The van der Waals surface area contributed by atoms with Crippen LogP contribution in [0.15, 0.2) is 28.7 Å². The van der Waals surface area contributed by atoms with Crippen LogP contribution < -0.4 is 0 Å². The number of nitrogens with zero attached hydrogens (tertiary/aromatic N) is 1. The van der Waals surface area contributed by atoms with E-state index >= 15 is 0 Å². The van der Waals surface area contributed by atoms with Gasteiger partial charge < -0.3 is 5.11 Å². The summed E-state index contributed by atoms with van der Waals surface area (Å²) in [6.07, 6.45) is 1.10. The van der Waals surface area contributed by atoms with Gasteiger partial charge in [0, 0.05) is 4.47 Å². The number of aliphatic hydroxyl groups is 1. The Morgan fingerprint density at radius 2 is 2.20 bits per heavy atom. The fourth-order valence-corrected chi connectivity index (χ4v) is 2.14. The smallest absolute Gasteiger partial charge is 0.0628 e. The zero-order valence-corrected chi connectivity index (χ0v) is 10.9. The second kappa shape index (κ2) is 6.26. The van der Waals surface area contributed by atoms with Gasteiger partial charge in [-0.1, -0.05) is 35.0 Å². The highest BCUT2D eigenvalue weighted by molar-refractivity contribution is 9.10. The minimum Gasteiger partial charge on any atom is -0.394 e. The van der Waals surface area contributed by atoms with Crippen molar-refractivity contribution >= 4 is 15.9 Å². The average Bonchev–Trinajstić information content (AvgIpc) is 2.19. The van der Waals surface area contributed by atoms with E-state index in [9.17, 15) is 5.11 Å². The highest BCUT2D eigenvalue weighted by Crippen LogP contribution is 2.22. The topological polar surface area (TPSA) is 23.5 Å². The zero-order chi connectivity index (χ0) is 11.3. The molecule has 1 aromatic carbocycles. The molecule has 0 aromatic heterocycles. The zero-order valence-electron chi connectivity index (χ0n) is 9.28. The summed E-state index contributed by atoms with van der Waals surface area (Å²) in [4.78, 5) is 2.18. The normalized spacial score (nSPS) is 13.1. The molecule has 0 fully saturated rings. The summed E-state index contributed by atoms with van der Waals surface area (Å²) in [6.45, 7) is 3.30. The number of hydrogen-bond donors (Lipinski definition) is 1. The molecule has 0 saturated heterocycles. The van der Waals surface area contributed by atoms with Crippen LogP contribution in [0.3, 0.4) is 0 Å². The first-order chi connectivity index (χ1) is 7.19. The predicted molar refractivity (Wildman–Crippen MR) is 66.9 cm³/mol. The first-order valence-electron chi connectivity index (χ1n) is 5.25. The SMILES string of the molecule is CCCN(C)C(CO)c1cccc(Br)c1. The molecule has 0 radical (unpaired) electrons. The second-order valence-electron chi connectivity index (χ2n) is 3.73. The van der Waals surface area contributed by atoms with Crippen LogP contribution in [-0.4, -0.2) is 30.2 Å². The highest BCUT2D eigenvalue weighted by atomic mass is 79.9. The maximum absolute atomic E-state index is 9.41. The molecule has 0 bridgehead atoms. The monoisotopic (exact) mass is 271 g/mol. The van der Waals surface area contributed by atoms with Crippen molar-refractivity contribution < 1.29 is 5.11 Å². The van der Waals surface area contributed by atoms with Gasteiger partial charge in [-0.2, -0.15) is 0 Å². The third kappa shape index (κ3) is 3.59. The first-order valence-corrected chi connectivity index (χ1v) is 6.05. The Kier molecular flexibility index (Phi) is 5.29. The van der Waals surface area contributed by atoms with Crippen molar-refractivity contribution in [2.75, 3.05) is 20.2 Å². The number of halogens is 1. The number of hydrogen-bond acceptors (Lipinski definition) is 2. The van der Waals surface area contributed by atoms with Crippen molar-refractivity contribution in [1.29, 1.82) is 0 Å². The molecular weight excluding hydrogens is 254 g/mol. The molecule has 15 heavy (non-hydrogen) atoms. The second-order valence-corrected chi connectivity index (χ2v) is 4.65. The van der Waals surface area contributed by atoms with E-state index in [1.807, 2.05) is 19.2 Å². The van der Waals surface area contributed by atoms with Gasteiger partial charge in [0.1, 0.15) is 0 Å². The van der Waals surface area contributed by atoms with E-state index in [0.717, 1.165) is 23.0 Å². The van der Waals surface area contributed by atoms with E-state index < -0.39 is 0 Å². The van der Waals surface area contributed by atoms with E-state index in [1.165, 1.54) is 0 Å². The molecule has 0 aliphatic heterocycles. The quantitative estimate of drug-likeness (QED) is 0.891. The van der Waals surface area contributed by atoms with Crippen molar-refractivity contribution in [3.63, 3.8) is 0 Å². The summed E-state index contributed by atoms with van der Waals surface area (Å²) in [5, 5.41) is 9.41. The van der Waals surface area contributed by atoms with Gasteiger partial charge in [0.25, 0.3) is 0 Å². The lowest BCUT2D eigenvalue weighted by atomic mass is 10.1. The summed E-state index contributed by atoms with van der Waals surface area (Å²) in [5.41, 5.74) is 1.16. The summed E-state index contributed by atoms with van der Waals surface area (Å²) in [5.74, 6) is 0. The van der Waals surface area contributed by atoms with Gasteiger partial charge in [-0.25, -0.2) is 0 Å². The summed E-state index contributed by atoms with van der Waals surface area (Å²) < 4.78 is 1.06. The fourth-order valence-electron chi connectivity index (χ4n) is 1.72. The van der Waals surface area contributed by atoms with Gasteiger partial charge in [-0.3, -0.25) is 4.90 Å². The van der Waals surface area contributed by atoms with Crippen molar-refractivity contribution in [2.45, 2.75) is 19.4 Å². The van der Waals surface area contributed by atoms with Crippen LogP contribution in [0.25, 0.3) is 0 Å². The van der Waals surface area contributed by atoms with E-state index in [2.05, 4.69) is 39.9 Å². The highest BCUT2D eigenvalue weighted by Gasteiger charge is 2.15. The van der Waals surface area contributed by atoms with Crippen molar-refractivity contribution in [1.82, 2.24) is 4.90 Å². The number of aliphatic hydroxyl groups excluding tert-OH is 1. The van der Waals surface area contributed by atoms with Crippen LogP contribution >= 0.6 is 15.9 Å². The lowest BCUT2D eigenvalue weighted by molar-refractivity contribution is 0.148. The molecule has 1 atom stereocenters. The summed E-state index contributed by atoms with van der Waals surface area (Å²) in [7, 11) is 2.05. The lowest BCUT2D eigenvalue weighted by Crippen LogP contribution is -2.27. The van der Waals surface area contributed by atoms with E-state index in [4.69, 9.17) is 0 Å². The van der Waals surface area contributed by atoms with Crippen LogP contribution in [0.5, 0.6) is 0 Å². The Labute approximate surface area is 100 Å². The molecule has 2 nitrogen and oxygen atoms in total. The molecule has 1 aromatic rings. The fraction of sp³-hybridized carbons (Fsp3) is 0.500. The van der Waals surface area contributed by atoms with E-state index in [0.29, 0.717) is 0 Å². The Morgan fingerprint density at radius 3 is 2.73 bits per heavy atom. The molecule has 1 rings (SSSR count). The molecule has 0 amide bonds. The van der Waals surface area contributed by atoms with Gasteiger partial charge in [0.05, 0.1) is 12.6 Å². The number of likely N-dealkylation sites (N-methyl/N-ethyl adjacent to an activating group) is 1. The standard InChI is InChI=1S/C12H18BrNO/c1-3-7-14(2)12(9-15)10-5-4-6-11(13)8-10/h4-6,8,12,15H,3,7,9H2,1-2H3. The molecular formula is C12H18BrNO. The maximum atomic E-state index is 9.41. The van der Waals surface area contributed by atoms with Gasteiger partial charge in [-0.15, -0.1) is 0 Å². The molecule has 0 heterocycles. The van der Waals surface area contributed by atoms with Crippen LogP contribution in [0.1, 0.15) is 24.9 Å². The predicted octanol–water partition coefficient (Wildman–Crippen LogP) is 2.82. The van der Waals surface area contributed by atoms with Gasteiger partial charge in [0.15, 0.2) is 0 Å². The lowest BCUT2D eigenvalue weighted by Gasteiger charge is -2.26. The van der Waals surface area contributed by atoms with Crippen molar-refractivity contribution in [2.24, 2.45) is 0 Å². The molecule has 1 unspecified atom stereocenters. The molecule has 0 spiro atoms. The van der Waals surface area contributed by atoms with Crippen molar-refractivity contribution in [3.8, 4) is 0 Å². The largest absolute Gasteiger partial charge is 0.394 e. The summed E-state index contributed by atoms with van der Waals surface area (Å²) in [6, 6.07) is 8.22. The maximum Gasteiger partial charge on any atom is 0.0628 e. The van der Waals surface area contributed by atoms with Crippen LogP contribution in [0.4, 0.5) is 0 Å². The van der Waals surface area contributed by atoms with Gasteiger partial charge >= 0.3 is 0 Å². The third-order valence-electron chi connectivity index (χ3n) is 2.51. The molecule has 0 saturated carbocycles. The molecule has 0 aliphatic rings. The van der Waals surface area contributed by atoms with Gasteiger partial charge in [-0.05, 0) is 37.7 Å². The Morgan fingerprint density at radius 1 is 1.47 bits per heavy atom. The van der Waals surface area contributed by atoms with Crippen LogP contribution in [-0.2, 0) is 0 Å². The molecule has 3 heteroatoms. The van der Waals surface area contributed by atoms with Crippen LogP contribution in [0.2, 0.25) is 0 Å². The third-order valence-corrected chi connectivity index (χ3v) is 3.01. The molecule has 1 N–H and O–H groups in total. The number of rotatable bonds is 5. The minimum atomic E-state index is 0.0995. The Bertz CT molecular complexity index is 303. The minimum absolute atomic E-state index is 0.0995. The first kappa shape index (κ1) is 12.7. The number of benzene rings is 1. The van der Waals surface area contributed by atoms with Crippen LogP contribution in [0, 0.1) is 0 Å². The molecule has 0 aliphatic carbocycles. The average molecular weight is 272 g/mol.